The molecule has 0 bridgehead atoms. The van der Waals surface area contributed by atoms with Gasteiger partial charge in [-0.3, -0.25) is 4.98 Å². The van der Waals surface area contributed by atoms with Crippen molar-refractivity contribution in [3.05, 3.63) is 47.2 Å². The minimum absolute atomic E-state index is 0.876. The molecule has 0 aliphatic carbocycles. The fraction of sp³-hybridized carbons (Fsp3) is 0.154. The van der Waals surface area contributed by atoms with Gasteiger partial charge in [-0.05, 0) is 32.0 Å². The highest BCUT2D eigenvalue weighted by Crippen LogP contribution is 2.23. The van der Waals surface area contributed by atoms with Crippen molar-refractivity contribution in [1.29, 1.82) is 0 Å². The smallest absolute Gasteiger partial charge is 0.211 e. The fourth-order valence-electron chi connectivity index (χ4n) is 1.82. The van der Waals surface area contributed by atoms with Crippen molar-refractivity contribution < 1.29 is 0 Å². The monoisotopic (exact) mass is 256 g/mol. The van der Waals surface area contributed by atoms with Crippen LogP contribution in [-0.2, 0) is 0 Å². The molecule has 0 fully saturated rings. The highest BCUT2D eigenvalue weighted by atomic mass is 32.1. The molecule has 18 heavy (non-hydrogen) atoms. The molecule has 3 aromatic rings. The van der Waals surface area contributed by atoms with Gasteiger partial charge in [0.2, 0.25) is 5.13 Å². The molecule has 0 N–H and O–H groups in total. The molecule has 0 aliphatic rings. The van der Waals surface area contributed by atoms with Crippen LogP contribution in [-0.4, -0.2) is 19.7 Å². The lowest BCUT2D eigenvalue weighted by Crippen LogP contribution is -1.98. The quantitative estimate of drug-likeness (QED) is 0.708. The lowest BCUT2D eigenvalue weighted by Gasteiger charge is -1.97. The maximum absolute atomic E-state index is 4.58. The van der Waals surface area contributed by atoms with Gasteiger partial charge in [0.25, 0.3) is 0 Å². The minimum Gasteiger partial charge on any atom is -0.255 e. The molecular weight excluding hydrogens is 244 g/mol. The highest BCUT2D eigenvalue weighted by molar-refractivity contribution is 7.12. The first kappa shape index (κ1) is 11.1. The van der Waals surface area contributed by atoms with E-state index in [0.717, 1.165) is 27.9 Å². The topological polar surface area (TPSA) is 43.6 Å². The predicted octanol–water partition coefficient (Wildman–Crippen LogP) is 3.01. The van der Waals surface area contributed by atoms with Crippen LogP contribution in [0.15, 0.2) is 35.8 Å². The van der Waals surface area contributed by atoms with Crippen molar-refractivity contribution in [2.45, 2.75) is 13.8 Å². The van der Waals surface area contributed by atoms with Gasteiger partial charge in [-0.1, -0.05) is 6.07 Å². The molecular formula is C13H12N4S. The molecule has 0 spiro atoms. The van der Waals surface area contributed by atoms with Gasteiger partial charge in [0.05, 0.1) is 11.4 Å². The zero-order chi connectivity index (χ0) is 12.5. The summed E-state index contributed by atoms with van der Waals surface area (Å²) in [5, 5.41) is 7.32. The van der Waals surface area contributed by atoms with Crippen LogP contribution < -0.4 is 0 Å². The first-order valence-electron chi connectivity index (χ1n) is 5.64. The summed E-state index contributed by atoms with van der Waals surface area (Å²) in [5.74, 6) is 0. The molecule has 90 valence electrons. The van der Waals surface area contributed by atoms with Crippen molar-refractivity contribution in [1.82, 2.24) is 19.7 Å². The lowest BCUT2D eigenvalue weighted by molar-refractivity contribution is 0.825. The number of aromatic nitrogens is 4. The minimum atomic E-state index is 0.876. The maximum Gasteiger partial charge on any atom is 0.211 e. The van der Waals surface area contributed by atoms with E-state index in [2.05, 4.69) is 15.1 Å². The molecule has 5 heteroatoms. The first-order valence-corrected chi connectivity index (χ1v) is 6.52. The van der Waals surface area contributed by atoms with Gasteiger partial charge >= 0.3 is 0 Å². The number of aryl methyl sites for hydroxylation is 2. The Morgan fingerprint density at radius 3 is 2.72 bits per heavy atom. The van der Waals surface area contributed by atoms with Gasteiger partial charge in [-0.2, -0.15) is 5.10 Å². The Kier molecular flexibility index (Phi) is 2.68. The van der Waals surface area contributed by atoms with E-state index in [9.17, 15) is 0 Å². The number of thiazole rings is 1. The molecule has 3 aromatic heterocycles. The average Bonchev–Trinajstić information content (AvgIpc) is 2.97. The van der Waals surface area contributed by atoms with E-state index in [1.807, 2.05) is 48.2 Å². The number of nitrogens with zero attached hydrogens (tertiary/aromatic N) is 4. The third-order valence-corrected chi connectivity index (χ3v) is 3.43. The Balaban J connectivity index is 2.02. The van der Waals surface area contributed by atoms with Gasteiger partial charge in [-0.25, -0.2) is 9.67 Å². The fourth-order valence-corrected chi connectivity index (χ4v) is 2.64. The molecule has 3 rings (SSSR count). The highest BCUT2D eigenvalue weighted by Gasteiger charge is 2.09. The Hall–Kier alpha value is -2.01. The second-order valence-electron chi connectivity index (χ2n) is 4.07. The largest absolute Gasteiger partial charge is 0.255 e. The summed E-state index contributed by atoms with van der Waals surface area (Å²) < 4.78 is 1.87. The normalized spacial score (nSPS) is 10.8. The summed E-state index contributed by atoms with van der Waals surface area (Å²) in [6.45, 7) is 4.01. The van der Waals surface area contributed by atoms with Crippen LogP contribution in [0.25, 0.3) is 16.5 Å². The number of hydrogen-bond donors (Lipinski definition) is 0. The lowest BCUT2D eigenvalue weighted by atomic mass is 10.3. The van der Waals surface area contributed by atoms with E-state index in [1.165, 1.54) is 0 Å². The summed E-state index contributed by atoms with van der Waals surface area (Å²) >= 11 is 1.57. The molecule has 0 aromatic carbocycles. The SMILES string of the molecule is Cc1cc(C)n(-c2nc(-c3ccccn3)cs2)n1. The summed E-state index contributed by atoms with van der Waals surface area (Å²) in [6.07, 6.45) is 1.78. The molecule has 0 aliphatic heterocycles. The second-order valence-corrected chi connectivity index (χ2v) is 4.91. The number of rotatable bonds is 2. The molecule has 4 nitrogen and oxygen atoms in total. The van der Waals surface area contributed by atoms with E-state index in [1.54, 1.807) is 17.5 Å². The first-order chi connectivity index (χ1) is 8.74. The van der Waals surface area contributed by atoms with Crippen molar-refractivity contribution >= 4 is 11.3 Å². The number of hydrogen-bond acceptors (Lipinski definition) is 4. The van der Waals surface area contributed by atoms with Gasteiger partial charge in [0, 0.05) is 17.3 Å². The Morgan fingerprint density at radius 2 is 2.06 bits per heavy atom. The zero-order valence-corrected chi connectivity index (χ0v) is 11.0. The standard InChI is InChI=1S/C13H12N4S/c1-9-7-10(2)17(16-9)13-15-12(8-18-13)11-5-3-4-6-14-11/h3-8H,1-2H3. The van der Waals surface area contributed by atoms with Gasteiger partial charge in [0.15, 0.2) is 0 Å². The molecule has 0 amide bonds. The van der Waals surface area contributed by atoms with Gasteiger partial charge in [-0.15, -0.1) is 11.3 Å². The summed E-state index contributed by atoms with van der Waals surface area (Å²) in [6, 6.07) is 7.87. The third kappa shape index (κ3) is 1.93. The van der Waals surface area contributed by atoms with Gasteiger partial charge < -0.3 is 0 Å². The predicted molar refractivity (Wildman–Crippen MR) is 71.9 cm³/mol. The van der Waals surface area contributed by atoms with Gasteiger partial charge in [0.1, 0.15) is 5.69 Å². The van der Waals surface area contributed by atoms with Crippen molar-refractivity contribution in [2.75, 3.05) is 0 Å². The second kappa shape index (κ2) is 4.34. The van der Waals surface area contributed by atoms with E-state index < -0.39 is 0 Å². The van der Waals surface area contributed by atoms with Crippen molar-refractivity contribution in [3.8, 4) is 16.5 Å². The van der Waals surface area contributed by atoms with Crippen molar-refractivity contribution in [3.63, 3.8) is 0 Å². The molecule has 0 saturated carbocycles. The summed E-state index contributed by atoms with van der Waals surface area (Å²) in [4.78, 5) is 8.88. The van der Waals surface area contributed by atoms with E-state index >= 15 is 0 Å². The number of pyridine rings is 1. The van der Waals surface area contributed by atoms with Crippen LogP contribution in [0, 0.1) is 13.8 Å². The Labute approximate surface area is 109 Å². The van der Waals surface area contributed by atoms with E-state index in [4.69, 9.17) is 0 Å². The van der Waals surface area contributed by atoms with E-state index in [-0.39, 0.29) is 0 Å². The van der Waals surface area contributed by atoms with Crippen LogP contribution in [0.5, 0.6) is 0 Å². The van der Waals surface area contributed by atoms with Crippen LogP contribution in [0.4, 0.5) is 0 Å². The summed E-state index contributed by atoms with van der Waals surface area (Å²) in [5.41, 5.74) is 3.88. The van der Waals surface area contributed by atoms with Crippen LogP contribution in [0.2, 0.25) is 0 Å². The third-order valence-electron chi connectivity index (χ3n) is 2.61. The Morgan fingerprint density at radius 1 is 1.17 bits per heavy atom. The van der Waals surface area contributed by atoms with E-state index in [0.29, 0.717) is 0 Å². The average molecular weight is 256 g/mol. The molecule has 0 atom stereocenters. The molecule has 3 heterocycles. The van der Waals surface area contributed by atoms with Crippen LogP contribution in [0.1, 0.15) is 11.4 Å². The van der Waals surface area contributed by atoms with Crippen molar-refractivity contribution in [2.24, 2.45) is 0 Å². The van der Waals surface area contributed by atoms with Crippen LogP contribution in [0.3, 0.4) is 0 Å². The molecule has 0 saturated heterocycles. The Bertz CT molecular complexity index is 669. The molecule has 0 radical (unpaired) electrons. The molecule has 0 unspecified atom stereocenters. The maximum atomic E-state index is 4.58. The summed E-state index contributed by atoms with van der Waals surface area (Å²) in [7, 11) is 0. The zero-order valence-electron chi connectivity index (χ0n) is 10.2. The van der Waals surface area contributed by atoms with Crippen LogP contribution >= 0.6 is 11.3 Å².